The summed E-state index contributed by atoms with van der Waals surface area (Å²) in [5, 5.41) is 10.6. The predicted molar refractivity (Wildman–Crippen MR) is 89.9 cm³/mol. The van der Waals surface area contributed by atoms with Crippen molar-refractivity contribution in [3.8, 4) is 17.2 Å². The lowest BCUT2D eigenvalue weighted by atomic mass is 10.00. The van der Waals surface area contributed by atoms with Gasteiger partial charge < -0.3 is 18.4 Å². The molecule has 3 aromatic rings. The standard InChI is InChI=1S/C16H14O8S/c1-7-4-10(17)15-11(18)5-9-8(2)12(22-3)6-13(24-25(19,20)21)14(9)16(15)23-7/h4-6,18H,1-3H3,(H,19,20,21). The van der Waals surface area contributed by atoms with Crippen molar-refractivity contribution in [3.05, 3.63) is 39.7 Å². The lowest BCUT2D eigenvalue weighted by molar-refractivity contribution is 0.384. The van der Waals surface area contributed by atoms with Crippen LogP contribution in [-0.4, -0.2) is 25.2 Å². The van der Waals surface area contributed by atoms with Crippen LogP contribution in [0, 0.1) is 13.8 Å². The van der Waals surface area contributed by atoms with E-state index in [9.17, 15) is 18.3 Å². The molecule has 0 aliphatic rings. The molecule has 3 rings (SSSR count). The van der Waals surface area contributed by atoms with Crippen molar-refractivity contribution >= 4 is 32.1 Å². The molecule has 0 unspecified atom stereocenters. The number of hydrogen-bond acceptors (Lipinski definition) is 7. The van der Waals surface area contributed by atoms with Crippen LogP contribution in [0.4, 0.5) is 0 Å². The second kappa shape index (κ2) is 5.64. The van der Waals surface area contributed by atoms with E-state index in [-0.39, 0.29) is 39.4 Å². The van der Waals surface area contributed by atoms with Crippen molar-refractivity contribution in [3.63, 3.8) is 0 Å². The Morgan fingerprint density at radius 1 is 1.08 bits per heavy atom. The first-order valence-electron chi connectivity index (χ1n) is 7.07. The van der Waals surface area contributed by atoms with E-state index >= 15 is 0 Å². The molecule has 2 aromatic carbocycles. The van der Waals surface area contributed by atoms with Crippen LogP contribution in [0.1, 0.15) is 11.3 Å². The molecule has 0 saturated heterocycles. The SMILES string of the molecule is COc1cc(OS(=O)(=O)O)c2c(cc(O)c3c(=O)cc(C)oc32)c1C. The minimum absolute atomic E-state index is 0.0515. The highest BCUT2D eigenvalue weighted by atomic mass is 32.3. The maximum Gasteiger partial charge on any atom is 0.446 e. The van der Waals surface area contributed by atoms with Crippen LogP contribution in [0.25, 0.3) is 21.7 Å². The van der Waals surface area contributed by atoms with Gasteiger partial charge in [-0.3, -0.25) is 9.35 Å². The highest BCUT2D eigenvalue weighted by Gasteiger charge is 2.22. The van der Waals surface area contributed by atoms with Crippen molar-refractivity contribution < 1.29 is 31.4 Å². The lowest BCUT2D eigenvalue weighted by Gasteiger charge is -2.14. The van der Waals surface area contributed by atoms with Crippen molar-refractivity contribution in [2.24, 2.45) is 0 Å². The monoisotopic (exact) mass is 366 g/mol. The highest BCUT2D eigenvalue weighted by molar-refractivity contribution is 7.81. The summed E-state index contributed by atoms with van der Waals surface area (Å²) >= 11 is 0. The molecule has 2 N–H and O–H groups in total. The molecule has 0 atom stereocenters. The summed E-state index contributed by atoms with van der Waals surface area (Å²) in [6.45, 7) is 3.22. The number of phenolic OH excluding ortho intramolecular Hbond substituents is 1. The third-order valence-corrected chi connectivity index (χ3v) is 4.19. The Hall–Kier alpha value is -2.78. The zero-order valence-electron chi connectivity index (χ0n) is 13.5. The van der Waals surface area contributed by atoms with Crippen LogP contribution in [0.15, 0.2) is 27.4 Å². The fraction of sp³-hybridized carbons (Fsp3) is 0.188. The number of phenols is 1. The molecule has 0 aliphatic heterocycles. The van der Waals surface area contributed by atoms with E-state index in [1.54, 1.807) is 6.92 Å². The van der Waals surface area contributed by atoms with E-state index in [0.717, 1.165) is 0 Å². The van der Waals surface area contributed by atoms with Gasteiger partial charge in [0.05, 0.1) is 12.5 Å². The number of fused-ring (bicyclic) bond motifs is 3. The molecule has 0 saturated carbocycles. The second-order valence-corrected chi connectivity index (χ2v) is 6.48. The first-order valence-corrected chi connectivity index (χ1v) is 8.43. The van der Waals surface area contributed by atoms with Gasteiger partial charge in [0.2, 0.25) is 0 Å². The first kappa shape index (κ1) is 17.1. The highest BCUT2D eigenvalue weighted by Crippen LogP contribution is 2.42. The average Bonchev–Trinajstić information content (AvgIpc) is 2.47. The number of aryl methyl sites for hydroxylation is 2. The third kappa shape index (κ3) is 2.87. The second-order valence-electron chi connectivity index (χ2n) is 5.46. The van der Waals surface area contributed by atoms with E-state index in [2.05, 4.69) is 4.18 Å². The Balaban J connectivity index is 2.63. The summed E-state index contributed by atoms with van der Waals surface area (Å²) in [6.07, 6.45) is 0. The van der Waals surface area contributed by atoms with Crippen LogP contribution in [0.2, 0.25) is 0 Å². The fourth-order valence-electron chi connectivity index (χ4n) is 2.80. The minimum Gasteiger partial charge on any atom is -0.507 e. The molecule has 8 nitrogen and oxygen atoms in total. The largest absolute Gasteiger partial charge is 0.507 e. The van der Waals surface area contributed by atoms with E-state index in [0.29, 0.717) is 10.9 Å². The smallest absolute Gasteiger partial charge is 0.446 e. The predicted octanol–water partition coefficient (Wildman–Crippen LogP) is 2.46. The maximum atomic E-state index is 12.2. The third-order valence-electron chi connectivity index (χ3n) is 3.80. The Kier molecular flexibility index (Phi) is 3.85. The van der Waals surface area contributed by atoms with Gasteiger partial charge in [-0.25, -0.2) is 0 Å². The number of aromatic hydroxyl groups is 1. The summed E-state index contributed by atoms with van der Waals surface area (Å²) in [4.78, 5) is 12.2. The number of rotatable bonds is 3. The van der Waals surface area contributed by atoms with Crippen molar-refractivity contribution in [2.45, 2.75) is 13.8 Å². The topological polar surface area (TPSA) is 123 Å². The van der Waals surface area contributed by atoms with Crippen LogP contribution in [0.5, 0.6) is 17.2 Å². The summed E-state index contributed by atoms with van der Waals surface area (Å²) in [7, 11) is -3.47. The molecule has 1 heterocycles. The number of ether oxygens (including phenoxy) is 1. The van der Waals surface area contributed by atoms with E-state index < -0.39 is 15.8 Å². The molecule has 0 amide bonds. The molecule has 0 radical (unpaired) electrons. The van der Waals surface area contributed by atoms with Crippen LogP contribution >= 0.6 is 0 Å². The number of benzene rings is 2. The number of methoxy groups -OCH3 is 1. The average molecular weight is 366 g/mol. The molecule has 0 aliphatic carbocycles. The van der Waals surface area contributed by atoms with E-state index in [4.69, 9.17) is 13.7 Å². The normalized spacial score (nSPS) is 11.8. The van der Waals surface area contributed by atoms with Crippen molar-refractivity contribution in [1.82, 2.24) is 0 Å². The Bertz CT molecular complexity index is 1170. The van der Waals surface area contributed by atoms with E-state index in [1.165, 1.54) is 32.2 Å². The Labute approximate surface area is 142 Å². The summed E-state index contributed by atoms with van der Waals surface area (Å²) in [5.74, 6) is -0.0975. The van der Waals surface area contributed by atoms with Gasteiger partial charge in [0.15, 0.2) is 16.8 Å². The first-order chi connectivity index (χ1) is 11.6. The molecule has 25 heavy (non-hydrogen) atoms. The number of hydrogen-bond donors (Lipinski definition) is 2. The summed E-state index contributed by atoms with van der Waals surface area (Å²) in [6, 6.07) is 3.75. The minimum atomic E-state index is -4.84. The molecular weight excluding hydrogens is 352 g/mol. The van der Waals surface area contributed by atoms with E-state index in [1.807, 2.05) is 0 Å². The molecule has 0 spiro atoms. The molecule has 1 aromatic heterocycles. The van der Waals surface area contributed by atoms with Crippen molar-refractivity contribution in [2.75, 3.05) is 7.11 Å². The van der Waals surface area contributed by atoms with Gasteiger partial charge >= 0.3 is 10.4 Å². The van der Waals surface area contributed by atoms with Crippen LogP contribution in [-0.2, 0) is 10.4 Å². The molecule has 132 valence electrons. The maximum absolute atomic E-state index is 12.2. The molecular formula is C16H14O8S. The molecule has 0 fully saturated rings. The van der Waals surface area contributed by atoms with Gasteiger partial charge in [0.1, 0.15) is 22.6 Å². The van der Waals surface area contributed by atoms with Crippen molar-refractivity contribution in [1.29, 1.82) is 0 Å². The zero-order valence-corrected chi connectivity index (χ0v) is 14.3. The molecule has 0 bridgehead atoms. The van der Waals surface area contributed by atoms with Gasteiger partial charge in [-0.05, 0) is 30.9 Å². The Morgan fingerprint density at radius 3 is 2.36 bits per heavy atom. The quantitative estimate of drug-likeness (QED) is 0.535. The van der Waals surface area contributed by atoms with Crippen LogP contribution < -0.4 is 14.3 Å². The Morgan fingerprint density at radius 2 is 1.76 bits per heavy atom. The van der Waals surface area contributed by atoms with Crippen LogP contribution in [0.3, 0.4) is 0 Å². The zero-order chi connectivity index (χ0) is 18.5. The molecule has 9 heteroatoms. The summed E-state index contributed by atoms with van der Waals surface area (Å²) < 4.78 is 46.9. The van der Waals surface area contributed by atoms with Gasteiger partial charge in [0, 0.05) is 12.1 Å². The lowest BCUT2D eigenvalue weighted by Crippen LogP contribution is -2.08. The van der Waals surface area contributed by atoms with Gasteiger partial charge in [-0.2, -0.15) is 8.42 Å². The fourth-order valence-corrected chi connectivity index (χ4v) is 3.15. The van der Waals surface area contributed by atoms with Gasteiger partial charge in [0.25, 0.3) is 0 Å². The van der Waals surface area contributed by atoms with Gasteiger partial charge in [-0.1, -0.05) is 0 Å². The summed E-state index contributed by atoms with van der Waals surface area (Å²) in [5.41, 5.74) is 0.00960. The van der Waals surface area contributed by atoms with Gasteiger partial charge in [-0.15, -0.1) is 0 Å².